The fraction of sp³-hybridized carbons (Fsp3) is 0.267. The van der Waals surface area contributed by atoms with E-state index in [0.717, 1.165) is 11.3 Å². The van der Waals surface area contributed by atoms with Crippen molar-refractivity contribution in [1.82, 2.24) is 15.5 Å². The molecule has 1 aliphatic heterocycles. The molecule has 0 saturated heterocycles. The van der Waals surface area contributed by atoms with Gasteiger partial charge in [-0.05, 0) is 11.6 Å². The summed E-state index contributed by atoms with van der Waals surface area (Å²) in [5.74, 6) is -0.121. The molecule has 0 aliphatic carbocycles. The topological polar surface area (TPSA) is 78.1 Å². The van der Waals surface area contributed by atoms with Crippen LogP contribution < -0.4 is 10.2 Å². The second-order valence-electron chi connectivity index (χ2n) is 5.11. The van der Waals surface area contributed by atoms with E-state index >= 15 is 0 Å². The first-order chi connectivity index (χ1) is 10.2. The van der Waals surface area contributed by atoms with Gasteiger partial charge in [0.25, 0.3) is 5.91 Å². The number of rotatable bonds is 3. The fourth-order valence-corrected chi connectivity index (χ4v) is 2.61. The van der Waals surface area contributed by atoms with Gasteiger partial charge in [-0.1, -0.05) is 18.2 Å². The van der Waals surface area contributed by atoms with Gasteiger partial charge in [0.05, 0.1) is 11.8 Å². The second-order valence-corrected chi connectivity index (χ2v) is 5.11. The van der Waals surface area contributed by atoms with E-state index in [1.807, 2.05) is 24.3 Å². The minimum Gasteiger partial charge on any atom is -0.351 e. The largest absolute Gasteiger partial charge is 0.351 e. The lowest BCUT2D eigenvalue weighted by Gasteiger charge is -2.31. The number of hydrogen-bond acceptors (Lipinski definition) is 3. The van der Waals surface area contributed by atoms with Crippen LogP contribution in [0.3, 0.4) is 0 Å². The maximum atomic E-state index is 12.0. The van der Waals surface area contributed by atoms with Crippen molar-refractivity contribution in [3.05, 3.63) is 47.8 Å². The van der Waals surface area contributed by atoms with E-state index < -0.39 is 0 Å². The van der Waals surface area contributed by atoms with Crippen LogP contribution in [0.25, 0.3) is 0 Å². The molecule has 0 radical (unpaired) electrons. The molecule has 21 heavy (non-hydrogen) atoms. The molecule has 0 spiro atoms. The number of hydrogen-bond donors (Lipinski definition) is 2. The van der Waals surface area contributed by atoms with Crippen LogP contribution in [0.4, 0.5) is 5.69 Å². The number of fused-ring (bicyclic) bond motifs is 1. The third-order valence-electron chi connectivity index (χ3n) is 3.80. The number of H-pyrrole nitrogens is 1. The van der Waals surface area contributed by atoms with Crippen LogP contribution in [0.2, 0.25) is 0 Å². The molecule has 2 N–H and O–H groups in total. The van der Waals surface area contributed by atoms with Gasteiger partial charge in [-0.3, -0.25) is 14.7 Å². The zero-order chi connectivity index (χ0) is 14.8. The van der Waals surface area contributed by atoms with E-state index in [4.69, 9.17) is 0 Å². The molecule has 0 unspecified atom stereocenters. The van der Waals surface area contributed by atoms with Crippen molar-refractivity contribution in [2.45, 2.75) is 12.3 Å². The Bertz CT molecular complexity index is 666. The number of aromatic nitrogens is 2. The first-order valence-corrected chi connectivity index (χ1v) is 6.79. The molecule has 6 heteroatoms. The third kappa shape index (κ3) is 2.52. The molecule has 1 aromatic heterocycles. The van der Waals surface area contributed by atoms with E-state index in [1.54, 1.807) is 18.1 Å². The predicted molar refractivity (Wildman–Crippen MR) is 78.1 cm³/mol. The molecule has 2 aromatic rings. The Kier molecular flexibility index (Phi) is 3.43. The summed E-state index contributed by atoms with van der Waals surface area (Å²) in [6.45, 7) is 0.431. The van der Waals surface area contributed by atoms with Crippen molar-refractivity contribution in [2.75, 3.05) is 18.5 Å². The number of aromatic amines is 1. The van der Waals surface area contributed by atoms with Crippen molar-refractivity contribution in [1.29, 1.82) is 0 Å². The number of para-hydroxylation sites is 1. The highest BCUT2D eigenvalue weighted by Crippen LogP contribution is 2.34. The molecule has 6 nitrogen and oxygen atoms in total. The molecule has 1 aliphatic rings. The Hall–Kier alpha value is -2.63. The SMILES string of the molecule is CN1C(=O)C[C@H](CNC(=O)c2cn[nH]c2)c2ccccc21. The van der Waals surface area contributed by atoms with Crippen molar-refractivity contribution in [2.24, 2.45) is 0 Å². The second kappa shape index (κ2) is 5.40. The van der Waals surface area contributed by atoms with E-state index in [2.05, 4.69) is 15.5 Å². The molecule has 1 atom stereocenters. The van der Waals surface area contributed by atoms with Gasteiger partial charge in [0.1, 0.15) is 0 Å². The van der Waals surface area contributed by atoms with E-state index in [1.165, 1.54) is 6.20 Å². The predicted octanol–water partition coefficient (Wildman–Crippen LogP) is 1.29. The van der Waals surface area contributed by atoms with Crippen LogP contribution >= 0.6 is 0 Å². The molecule has 3 rings (SSSR count). The highest BCUT2D eigenvalue weighted by molar-refractivity contribution is 5.97. The van der Waals surface area contributed by atoms with Gasteiger partial charge in [0, 0.05) is 37.8 Å². The summed E-state index contributed by atoms with van der Waals surface area (Å²) in [7, 11) is 1.78. The number of amides is 2. The Balaban J connectivity index is 1.75. The van der Waals surface area contributed by atoms with Crippen LogP contribution in [0.5, 0.6) is 0 Å². The van der Waals surface area contributed by atoms with Crippen LogP contribution in [0.1, 0.15) is 28.3 Å². The van der Waals surface area contributed by atoms with Gasteiger partial charge in [-0.15, -0.1) is 0 Å². The molecule has 0 saturated carbocycles. The number of benzene rings is 1. The Morgan fingerprint density at radius 1 is 1.48 bits per heavy atom. The van der Waals surface area contributed by atoms with E-state index in [-0.39, 0.29) is 17.7 Å². The summed E-state index contributed by atoms with van der Waals surface area (Å²) < 4.78 is 0. The van der Waals surface area contributed by atoms with E-state index in [0.29, 0.717) is 18.5 Å². The van der Waals surface area contributed by atoms with Crippen LogP contribution in [-0.2, 0) is 4.79 Å². The summed E-state index contributed by atoms with van der Waals surface area (Å²) in [4.78, 5) is 25.6. The van der Waals surface area contributed by atoms with Gasteiger partial charge < -0.3 is 10.2 Å². The summed E-state index contributed by atoms with van der Waals surface area (Å²) in [5.41, 5.74) is 2.49. The van der Waals surface area contributed by atoms with E-state index in [9.17, 15) is 9.59 Å². The Morgan fingerprint density at radius 2 is 2.29 bits per heavy atom. The summed E-state index contributed by atoms with van der Waals surface area (Å²) >= 11 is 0. The maximum absolute atomic E-state index is 12.0. The Labute approximate surface area is 122 Å². The smallest absolute Gasteiger partial charge is 0.254 e. The van der Waals surface area contributed by atoms with Crippen LogP contribution in [0.15, 0.2) is 36.7 Å². The summed E-state index contributed by atoms with van der Waals surface area (Å²) in [5, 5.41) is 9.22. The zero-order valence-electron chi connectivity index (χ0n) is 11.7. The average Bonchev–Trinajstić information content (AvgIpc) is 3.03. The molecule has 2 heterocycles. The first-order valence-electron chi connectivity index (χ1n) is 6.79. The van der Waals surface area contributed by atoms with Gasteiger partial charge in [-0.25, -0.2) is 0 Å². The average molecular weight is 284 g/mol. The molecule has 1 aromatic carbocycles. The molecule has 0 fully saturated rings. The normalized spacial score (nSPS) is 17.5. The number of nitrogens with one attached hydrogen (secondary N) is 2. The standard InChI is InChI=1S/C15H16N4O2/c1-19-13-5-3-2-4-12(13)10(6-14(19)20)7-16-15(21)11-8-17-18-9-11/h2-5,8-10H,6-7H2,1H3,(H,16,21)(H,17,18)/t10-/m1/s1. The Morgan fingerprint density at radius 3 is 3.05 bits per heavy atom. The van der Waals surface area contributed by atoms with Crippen molar-refractivity contribution < 1.29 is 9.59 Å². The zero-order valence-corrected chi connectivity index (χ0v) is 11.7. The lowest BCUT2D eigenvalue weighted by molar-refractivity contribution is -0.119. The molecule has 0 bridgehead atoms. The first kappa shape index (κ1) is 13.4. The highest BCUT2D eigenvalue weighted by atomic mass is 16.2. The van der Waals surface area contributed by atoms with Gasteiger partial charge >= 0.3 is 0 Å². The minimum atomic E-state index is -0.187. The quantitative estimate of drug-likeness (QED) is 0.891. The van der Waals surface area contributed by atoms with Gasteiger partial charge in [-0.2, -0.15) is 5.10 Å². The van der Waals surface area contributed by atoms with Crippen molar-refractivity contribution in [3.8, 4) is 0 Å². The van der Waals surface area contributed by atoms with Crippen LogP contribution in [0, 0.1) is 0 Å². The highest BCUT2D eigenvalue weighted by Gasteiger charge is 2.29. The van der Waals surface area contributed by atoms with Gasteiger partial charge in [0.15, 0.2) is 0 Å². The van der Waals surface area contributed by atoms with Crippen LogP contribution in [-0.4, -0.2) is 35.6 Å². The molecule has 2 amide bonds. The number of anilines is 1. The number of nitrogens with zero attached hydrogens (tertiary/aromatic N) is 2. The van der Waals surface area contributed by atoms with Crippen molar-refractivity contribution >= 4 is 17.5 Å². The lowest BCUT2D eigenvalue weighted by Crippen LogP contribution is -2.37. The summed E-state index contributed by atoms with van der Waals surface area (Å²) in [6.07, 6.45) is 3.42. The molecular formula is C15H16N4O2. The monoisotopic (exact) mass is 284 g/mol. The van der Waals surface area contributed by atoms with Gasteiger partial charge in [0.2, 0.25) is 5.91 Å². The minimum absolute atomic E-state index is 0.000695. The molecule has 108 valence electrons. The number of carbonyl (C=O) groups excluding carboxylic acids is 2. The third-order valence-corrected chi connectivity index (χ3v) is 3.80. The lowest BCUT2D eigenvalue weighted by atomic mass is 9.89. The summed E-state index contributed by atoms with van der Waals surface area (Å²) in [6, 6.07) is 7.80. The van der Waals surface area contributed by atoms with Crippen molar-refractivity contribution in [3.63, 3.8) is 0 Å². The maximum Gasteiger partial charge on any atom is 0.254 e. The fourth-order valence-electron chi connectivity index (χ4n) is 2.61. The number of carbonyl (C=O) groups is 2. The molecular weight excluding hydrogens is 268 g/mol.